The van der Waals surface area contributed by atoms with Crippen molar-refractivity contribution in [2.24, 2.45) is 11.8 Å². The predicted octanol–water partition coefficient (Wildman–Crippen LogP) is -0.708. The first-order valence-corrected chi connectivity index (χ1v) is 8.87. The summed E-state index contributed by atoms with van der Waals surface area (Å²) in [4.78, 5) is 27.6. The lowest BCUT2D eigenvalue weighted by molar-refractivity contribution is -0.880. The highest BCUT2D eigenvalue weighted by molar-refractivity contribution is 5.95. The Labute approximate surface area is 148 Å². The molecule has 1 aromatic carbocycles. The summed E-state index contributed by atoms with van der Waals surface area (Å²) in [5.41, 5.74) is 1.85. The minimum Gasteiger partial charge on any atom is -0.550 e. The van der Waals surface area contributed by atoms with Gasteiger partial charge >= 0.3 is 0 Å². The van der Waals surface area contributed by atoms with E-state index in [1.165, 1.54) is 0 Å². The number of anilines is 2. The summed E-state index contributed by atoms with van der Waals surface area (Å²) in [7, 11) is 2.20. The van der Waals surface area contributed by atoms with Crippen LogP contribution in [0.3, 0.4) is 0 Å². The number of hydrogen-bond donors (Lipinski definition) is 2. The van der Waals surface area contributed by atoms with E-state index in [0.29, 0.717) is 18.5 Å². The van der Waals surface area contributed by atoms with Crippen LogP contribution in [0, 0.1) is 11.8 Å². The van der Waals surface area contributed by atoms with E-state index in [-0.39, 0.29) is 5.91 Å². The molecule has 0 aromatic heterocycles. The first-order valence-electron chi connectivity index (χ1n) is 8.87. The highest BCUT2D eigenvalue weighted by atomic mass is 16.4. The molecular formula is C19H25N3O3. The van der Waals surface area contributed by atoms with E-state index < -0.39 is 17.8 Å². The highest BCUT2D eigenvalue weighted by Crippen LogP contribution is 2.27. The number of nitrogens with one attached hydrogen (secondary N) is 2. The van der Waals surface area contributed by atoms with E-state index in [2.05, 4.69) is 17.3 Å². The monoisotopic (exact) mass is 343 g/mol. The Bertz CT molecular complexity index is 648. The summed E-state index contributed by atoms with van der Waals surface area (Å²) >= 11 is 0. The third-order valence-electron chi connectivity index (χ3n) is 5.19. The van der Waals surface area contributed by atoms with Crippen LogP contribution in [0.15, 0.2) is 36.4 Å². The molecule has 1 fully saturated rings. The lowest BCUT2D eigenvalue weighted by Gasteiger charge is -2.32. The van der Waals surface area contributed by atoms with Crippen molar-refractivity contribution < 1.29 is 19.6 Å². The number of carboxylic acids is 1. The van der Waals surface area contributed by atoms with E-state index in [9.17, 15) is 14.7 Å². The molecule has 3 rings (SSSR count). The average Bonchev–Trinajstić information content (AvgIpc) is 2.63. The number of quaternary nitrogens is 1. The molecule has 25 heavy (non-hydrogen) atoms. The SMILES string of the molecule is C[NH+]1CCN(c2ccc(NC(=O)[C@H]3CC=CC[C@H]3C(=O)[O-])cc2)CC1. The molecule has 2 aliphatic rings. The Morgan fingerprint density at radius 3 is 2.28 bits per heavy atom. The fraction of sp³-hybridized carbons (Fsp3) is 0.474. The zero-order chi connectivity index (χ0) is 17.8. The minimum atomic E-state index is -1.16. The predicted molar refractivity (Wildman–Crippen MR) is 94.3 cm³/mol. The number of rotatable bonds is 4. The summed E-state index contributed by atoms with van der Waals surface area (Å²) in [6, 6.07) is 7.77. The molecule has 1 aromatic rings. The van der Waals surface area contributed by atoms with Crippen molar-refractivity contribution in [3.05, 3.63) is 36.4 Å². The van der Waals surface area contributed by atoms with Crippen molar-refractivity contribution in [3.63, 3.8) is 0 Å². The molecule has 1 saturated heterocycles. The minimum absolute atomic E-state index is 0.255. The van der Waals surface area contributed by atoms with E-state index >= 15 is 0 Å². The second kappa shape index (κ2) is 7.70. The summed E-state index contributed by atoms with van der Waals surface area (Å²) in [5, 5.41) is 14.1. The Balaban J connectivity index is 1.62. The molecule has 1 aliphatic heterocycles. The topological polar surface area (TPSA) is 76.9 Å². The molecule has 0 unspecified atom stereocenters. The molecule has 1 amide bonds. The molecule has 1 aliphatic carbocycles. The standard InChI is InChI=1S/C19H25N3O3/c1-21-10-12-22(13-11-21)15-8-6-14(7-9-15)20-18(23)16-4-2-3-5-17(16)19(24)25/h2-3,6-9,16-17H,4-5,10-13H2,1H3,(H,20,23)(H,24,25)/t16-,17+/m0/s1. The van der Waals surface area contributed by atoms with Gasteiger partial charge in [0.1, 0.15) is 0 Å². The van der Waals surface area contributed by atoms with E-state index in [1.54, 1.807) is 11.0 Å². The van der Waals surface area contributed by atoms with Gasteiger partial charge in [0.25, 0.3) is 0 Å². The molecule has 2 N–H and O–H groups in total. The second-order valence-electron chi connectivity index (χ2n) is 6.96. The average molecular weight is 343 g/mol. The van der Waals surface area contributed by atoms with E-state index in [4.69, 9.17) is 0 Å². The first-order chi connectivity index (χ1) is 12.0. The maximum absolute atomic E-state index is 12.5. The lowest BCUT2D eigenvalue weighted by Crippen LogP contribution is -3.12. The van der Waals surface area contributed by atoms with Gasteiger partial charge in [-0.1, -0.05) is 12.2 Å². The van der Waals surface area contributed by atoms with Crippen LogP contribution in [0.25, 0.3) is 0 Å². The van der Waals surface area contributed by atoms with Gasteiger partial charge in [0.15, 0.2) is 0 Å². The molecule has 1 heterocycles. The molecule has 2 atom stereocenters. The quantitative estimate of drug-likeness (QED) is 0.709. The van der Waals surface area contributed by atoms with Crippen molar-refractivity contribution in [3.8, 4) is 0 Å². The summed E-state index contributed by atoms with van der Waals surface area (Å²) in [6.45, 7) is 4.30. The number of carboxylic acid groups (broad SMARTS) is 1. The molecule has 134 valence electrons. The van der Waals surface area contributed by atoms with Gasteiger partial charge in [-0.25, -0.2) is 0 Å². The maximum atomic E-state index is 12.5. The highest BCUT2D eigenvalue weighted by Gasteiger charge is 2.29. The second-order valence-corrected chi connectivity index (χ2v) is 6.96. The Kier molecular flexibility index (Phi) is 5.38. The number of allylic oxidation sites excluding steroid dienone is 2. The number of aliphatic carboxylic acids is 1. The van der Waals surface area contributed by atoms with Gasteiger partial charge in [-0.05, 0) is 37.1 Å². The molecule has 0 bridgehead atoms. The molecular weight excluding hydrogens is 318 g/mol. The van der Waals surface area contributed by atoms with Crippen LogP contribution in [-0.4, -0.2) is 45.1 Å². The van der Waals surface area contributed by atoms with E-state index in [0.717, 1.165) is 31.9 Å². The number of piperazine rings is 1. The zero-order valence-electron chi connectivity index (χ0n) is 14.5. The zero-order valence-corrected chi connectivity index (χ0v) is 14.5. The maximum Gasteiger partial charge on any atom is 0.228 e. The number of carbonyl (C=O) groups excluding carboxylic acids is 2. The van der Waals surface area contributed by atoms with Gasteiger partial charge in [0.05, 0.1) is 39.1 Å². The third-order valence-corrected chi connectivity index (χ3v) is 5.19. The number of amides is 1. The fourth-order valence-corrected chi connectivity index (χ4v) is 3.50. The van der Waals surface area contributed by atoms with Crippen LogP contribution in [0.4, 0.5) is 11.4 Å². The number of hydrogen-bond acceptors (Lipinski definition) is 4. The van der Waals surface area contributed by atoms with Crippen molar-refractivity contribution >= 4 is 23.3 Å². The molecule has 0 radical (unpaired) electrons. The van der Waals surface area contributed by atoms with Crippen molar-refractivity contribution in [1.82, 2.24) is 0 Å². The van der Waals surface area contributed by atoms with Crippen LogP contribution >= 0.6 is 0 Å². The van der Waals surface area contributed by atoms with Crippen LogP contribution in [-0.2, 0) is 9.59 Å². The van der Waals surface area contributed by atoms with Crippen molar-refractivity contribution in [2.75, 3.05) is 43.4 Å². The first kappa shape index (κ1) is 17.5. The van der Waals surface area contributed by atoms with Gasteiger partial charge in [-0.2, -0.15) is 0 Å². The Hall–Kier alpha value is -2.34. The molecule has 0 spiro atoms. The van der Waals surface area contributed by atoms with Gasteiger partial charge in [0, 0.05) is 23.3 Å². The summed E-state index contributed by atoms with van der Waals surface area (Å²) in [6.07, 6.45) is 4.45. The van der Waals surface area contributed by atoms with Gasteiger partial charge in [-0.15, -0.1) is 0 Å². The van der Waals surface area contributed by atoms with Crippen LogP contribution < -0.4 is 20.2 Å². The molecule has 6 heteroatoms. The number of benzene rings is 1. The number of carbonyl (C=O) groups is 2. The fourth-order valence-electron chi connectivity index (χ4n) is 3.50. The van der Waals surface area contributed by atoms with Gasteiger partial charge in [0.2, 0.25) is 5.91 Å². The number of likely N-dealkylation sites (N-methyl/N-ethyl adjacent to an activating group) is 1. The molecule has 0 saturated carbocycles. The summed E-state index contributed by atoms with van der Waals surface area (Å²) in [5.74, 6) is -2.74. The van der Waals surface area contributed by atoms with Gasteiger partial charge < -0.3 is 25.0 Å². The van der Waals surface area contributed by atoms with Gasteiger partial charge in [-0.3, -0.25) is 4.79 Å². The lowest BCUT2D eigenvalue weighted by atomic mass is 9.82. The third kappa shape index (κ3) is 4.20. The normalized spacial score (nSPS) is 24.1. The van der Waals surface area contributed by atoms with Crippen LogP contribution in [0.1, 0.15) is 12.8 Å². The van der Waals surface area contributed by atoms with Crippen molar-refractivity contribution in [1.29, 1.82) is 0 Å². The largest absolute Gasteiger partial charge is 0.550 e. The molecule has 6 nitrogen and oxygen atoms in total. The van der Waals surface area contributed by atoms with Crippen molar-refractivity contribution in [2.45, 2.75) is 12.8 Å². The van der Waals surface area contributed by atoms with Crippen LogP contribution in [0.2, 0.25) is 0 Å². The van der Waals surface area contributed by atoms with E-state index in [1.807, 2.05) is 30.3 Å². The van der Waals surface area contributed by atoms with Crippen LogP contribution in [0.5, 0.6) is 0 Å². The Morgan fingerprint density at radius 1 is 1.08 bits per heavy atom. The smallest absolute Gasteiger partial charge is 0.228 e. The summed E-state index contributed by atoms with van der Waals surface area (Å²) < 4.78 is 0. The number of nitrogens with zero attached hydrogens (tertiary/aromatic N) is 1. The Morgan fingerprint density at radius 2 is 1.68 bits per heavy atom.